The van der Waals surface area contributed by atoms with Crippen LogP contribution in [0.25, 0.3) is 0 Å². The van der Waals surface area contributed by atoms with Gasteiger partial charge in [0.05, 0.1) is 6.54 Å². The van der Waals surface area contributed by atoms with Gasteiger partial charge in [0, 0.05) is 30.3 Å². The van der Waals surface area contributed by atoms with Crippen molar-refractivity contribution in [2.24, 2.45) is 0 Å². The van der Waals surface area contributed by atoms with Gasteiger partial charge in [0.25, 0.3) is 0 Å². The van der Waals surface area contributed by atoms with Gasteiger partial charge in [0.2, 0.25) is 5.91 Å². The lowest BCUT2D eigenvalue weighted by Crippen LogP contribution is -2.35. The fourth-order valence-electron chi connectivity index (χ4n) is 2.48. The molecule has 1 amide bonds. The van der Waals surface area contributed by atoms with Crippen LogP contribution in [0.2, 0.25) is 0 Å². The minimum atomic E-state index is 0.00135. The summed E-state index contributed by atoms with van der Waals surface area (Å²) in [7, 11) is 0. The summed E-state index contributed by atoms with van der Waals surface area (Å²) < 4.78 is 0. The number of nitrogens with one attached hydrogen (secondary N) is 1. The van der Waals surface area contributed by atoms with Crippen LogP contribution in [-0.2, 0) is 11.3 Å². The molecule has 2 aromatic carbocycles. The van der Waals surface area contributed by atoms with E-state index in [0.29, 0.717) is 6.54 Å². The van der Waals surface area contributed by atoms with Crippen LogP contribution in [-0.4, -0.2) is 17.4 Å². The van der Waals surface area contributed by atoms with Crippen molar-refractivity contribution in [3.8, 4) is 0 Å². The second kappa shape index (κ2) is 8.04. The first-order valence-electron chi connectivity index (χ1n) is 7.87. The fourth-order valence-corrected chi connectivity index (χ4v) is 2.48. The Kier molecular flexibility index (Phi) is 5.32. The zero-order valence-electron chi connectivity index (χ0n) is 13.3. The average molecular weight is 317 g/mol. The molecule has 24 heavy (non-hydrogen) atoms. The molecular weight excluding hydrogens is 298 g/mol. The van der Waals surface area contributed by atoms with Crippen molar-refractivity contribution >= 4 is 17.3 Å². The molecule has 0 saturated carbocycles. The lowest BCUT2D eigenvalue weighted by atomic mass is 10.2. The van der Waals surface area contributed by atoms with E-state index in [1.54, 1.807) is 17.3 Å². The van der Waals surface area contributed by atoms with E-state index in [1.807, 2.05) is 72.8 Å². The Bertz CT molecular complexity index is 721. The molecule has 4 nitrogen and oxygen atoms in total. The van der Waals surface area contributed by atoms with Crippen molar-refractivity contribution in [2.75, 3.05) is 11.4 Å². The number of benzene rings is 2. The molecule has 0 atom stereocenters. The molecule has 0 bridgehead atoms. The standard InChI is InChI=1S/C20H19N3O/c24-20(16-22-15-17-11-13-21-14-12-17)23(18-7-3-1-4-8-18)19-9-5-2-6-10-19/h1-14,22H,15-16H2. The van der Waals surface area contributed by atoms with Gasteiger partial charge in [-0.25, -0.2) is 0 Å². The largest absolute Gasteiger partial charge is 0.304 e. The molecule has 4 heteroatoms. The monoisotopic (exact) mass is 317 g/mol. The highest BCUT2D eigenvalue weighted by Crippen LogP contribution is 2.24. The van der Waals surface area contributed by atoms with E-state index in [-0.39, 0.29) is 12.5 Å². The van der Waals surface area contributed by atoms with Crippen LogP contribution in [0.3, 0.4) is 0 Å². The van der Waals surface area contributed by atoms with Gasteiger partial charge >= 0.3 is 0 Å². The van der Waals surface area contributed by atoms with Crippen LogP contribution in [0.4, 0.5) is 11.4 Å². The number of aromatic nitrogens is 1. The molecule has 0 aliphatic rings. The Morgan fingerprint density at radius 2 is 1.38 bits per heavy atom. The van der Waals surface area contributed by atoms with Crippen molar-refractivity contribution in [1.29, 1.82) is 0 Å². The topological polar surface area (TPSA) is 45.2 Å². The molecule has 1 aromatic heterocycles. The minimum absolute atomic E-state index is 0.00135. The number of nitrogens with zero attached hydrogens (tertiary/aromatic N) is 2. The summed E-state index contributed by atoms with van der Waals surface area (Å²) in [6.07, 6.45) is 3.50. The predicted octanol–water partition coefficient (Wildman–Crippen LogP) is 3.54. The van der Waals surface area contributed by atoms with Crippen molar-refractivity contribution in [3.05, 3.63) is 90.8 Å². The minimum Gasteiger partial charge on any atom is -0.304 e. The molecule has 1 N–H and O–H groups in total. The van der Waals surface area contributed by atoms with Gasteiger partial charge in [-0.3, -0.25) is 14.7 Å². The first kappa shape index (κ1) is 15.9. The molecule has 0 fully saturated rings. The van der Waals surface area contributed by atoms with Crippen LogP contribution in [0.5, 0.6) is 0 Å². The number of carbonyl (C=O) groups excluding carboxylic acids is 1. The van der Waals surface area contributed by atoms with E-state index in [9.17, 15) is 4.79 Å². The second-order valence-corrected chi connectivity index (χ2v) is 5.36. The zero-order valence-corrected chi connectivity index (χ0v) is 13.3. The highest BCUT2D eigenvalue weighted by atomic mass is 16.2. The molecule has 1 heterocycles. The predicted molar refractivity (Wildman–Crippen MR) is 96.0 cm³/mol. The van der Waals surface area contributed by atoms with Crippen molar-refractivity contribution in [2.45, 2.75) is 6.54 Å². The number of para-hydroxylation sites is 2. The van der Waals surface area contributed by atoms with Gasteiger partial charge in [0.1, 0.15) is 0 Å². The Morgan fingerprint density at radius 1 is 0.833 bits per heavy atom. The maximum atomic E-state index is 12.8. The molecule has 120 valence electrons. The van der Waals surface area contributed by atoms with Crippen LogP contribution in [0.1, 0.15) is 5.56 Å². The van der Waals surface area contributed by atoms with E-state index < -0.39 is 0 Å². The van der Waals surface area contributed by atoms with Crippen molar-refractivity contribution < 1.29 is 4.79 Å². The van der Waals surface area contributed by atoms with Gasteiger partial charge in [-0.2, -0.15) is 0 Å². The number of pyridine rings is 1. The maximum absolute atomic E-state index is 12.8. The van der Waals surface area contributed by atoms with Crippen LogP contribution >= 0.6 is 0 Å². The van der Waals surface area contributed by atoms with Crippen LogP contribution in [0.15, 0.2) is 85.2 Å². The number of carbonyl (C=O) groups is 1. The van der Waals surface area contributed by atoms with E-state index in [1.165, 1.54) is 0 Å². The molecule has 0 unspecified atom stereocenters. The lowest BCUT2D eigenvalue weighted by Gasteiger charge is -2.23. The van der Waals surface area contributed by atoms with E-state index in [2.05, 4.69) is 10.3 Å². The Hall–Kier alpha value is -2.98. The number of rotatable bonds is 6. The lowest BCUT2D eigenvalue weighted by molar-refractivity contribution is -0.117. The van der Waals surface area contributed by atoms with Crippen LogP contribution in [0, 0.1) is 0 Å². The maximum Gasteiger partial charge on any atom is 0.245 e. The second-order valence-electron chi connectivity index (χ2n) is 5.36. The third-order valence-corrected chi connectivity index (χ3v) is 3.63. The summed E-state index contributed by atoms with van der Waals surface area (Å²) in [5.41, 5.74) is 2.82. The smallest absolute Gasteiger partial charge is 0.245 e. The number of amides is 1. The molecule has 3 rings (SSSR count). The zero-order chi connectivity index (χ0) is 16.6. The Balaban J connectivity index is 1.72. The van der Waals surface area contributed by atoms with Gasteiger partial charge in [-0.05, 0) is 42.0 Å². The molecule has 0 aliphatic carbocycles. The third kappa shape index (κ3) is 4.06. The third-order valence-electron chi connectivity index (χ3n) is 3.63. The summed E-state index contributed by atoms with van der Waals surface area (Å²) in [4.78, 5) is 18.5. The van der Waals surface area contributed by atoms with E-state index in [4.69, 9.17) is 0 Å². The average Bonchev–Trinajstić information content (AvgIpc) is 2.65. The number of hydrogen-bond acceptors (Lipinski definition) is 3. The summed E-state index contributed by atoms with van der Waals surface area (Å²) in [6, 6.07) is 23.2. The highest BCUT2D eigenvalue weighted by molar-refractivity contribution is 6.01. The molecule has 0 spiro atoms. The SMILES string of the molecule is O=C(CNCc1ccncc1)N(c1ccccc1)c1ccccc1. The number of hydrogen-bond donors (Lipinski definition) is 1. The molecule has 3 aromatic rings. The Morgan fingerprint density at radius 3 is 1.92 bits per heavy atom. The molecular formula is C20H19N3O. The highest BCUT2D eigenvalue weighted by Gasteiger charge is 2.17. The Labute approximate surface area is 141 Å². The van der Waals surface area contributed by atoms with Crippen molar-refractivity contribution in [3.63, 3.8) is 0 Å². The quantitative estimate of drug-likeness (QED) is 0.756. The van der Waals surface area contributed by atoms with E-state index >= 15 is 0 Å². The normalized spacial score (nSPS) is 10.3. The van der Waals surface area contributed by atoms with Gasteiger partial charge in [-0.15, -0.1) is 0 Å². The van der Waals surface area contributed by atoms with Gasteiger partial charge in [-0.1, -0.05) is 36.4 Å². The summed E-state index contributed by atoms with van der Waals surface area (Å²) in [5, 5.41) is 3.20. The van der Waals surface area contributed by atoms with Gasteiger partial charge in [0.15, 0.2) is 0 Å². The molecule has 0 saturated heterocycles. The summed E-state index contributed by atoms with van der Waals surface area (Å²) >= 11 is 0. The van der Waals surface area contributed by atoms with Crippen LogP contribution < -0.4 is 10.2 Å². The number of anilines is 2. The first-order valence-corrected chi connectivity index (χ1v) is 7.87. The summed E-state index contributed by atoms with van der Waals surface area (Å²) in [6.45, 7) is 0.887. The first-order chi connectivity index (χ1) is 11.8. The summed E-state index contributed by atoms with van der Waals surface area (Å²) in [5.74, 6) is 0.00135. The fraction of sp³-hybridized carbons (Fsp3) is 0.100. The van der Waals surface area contributed by atoms with Crippen molar-refractivity contribution in [1.82, 2.24) is 10.3 Å². The van der Waals surface area contributed by atoms with E-state index in [0.717, 1.165) is 16.9 Å². The molecule has 0 aliphatic heterocycles. The van der Waals surface area contributed by atoms with Gasteiger partial charge < -0.3 is 5.32 Å². The molecule has 0 radical (unpaired) electrons.